The van der Waals surface area contributed by atoms with Crippen molar-refractivity contribution in [2.75, 3.05) is 6.54 Å². The van der Waals surface area contributed by atoms with E-state index in [9.17, 15) is 24.3 Å². The zero-order chi connectivity index (χ0) is 27.4. The number of aliphatic carboxylic acids is 1. The fraction of sp³-hybridized carbons (Fsp3) is 0.467. The molecule has 8 heteroatoms. The topological polar surface area (TPSA) is 110 Å². The first-order chi connectivity index (χ1) is 17.9. The van der Waals surface area contributed by atoms with Crippen LogP contribution in [0.4, 0.5) is 4.79 Å². The molecular weight excluding hydrogens is 486 g/mol. The number of hydrogen-bond donors (Lipinski definition) is 1. The number of carbonyl (C=O) groups is 4. The lowest BCUT2D eigenvalue weighted by Gasteiger charge is -2.35. The molecule has 0 aromatic heterocycles. The number of aryl methyl sites for hydroxylation is 1. The van der Waals surface area contributed by atoms with Crippen molar-refractivity contribution >= 4 is 23.6 Å². The van der Waals surface area contributed by atoms with Gasteiger partial charge in [0.25, 0.3) is 0 Å². The second-order valence-corrected chi connectivity index (χ2v) is 11.8. The summed E-state index contributed by atoms with van der Waals surface area (Å²) in [6, 6.07) is 9.15. The van der Waals surface area contributed by atoms with Crippen LogP contribution >= 0.6 is 0 Å². The van der Waals surface area contributed by atoms with Crippen LogP contribution in [0.2, 0.25) is 0 Å². The number of ketones is 2. The second-order valence-electron chi connectivity index (χ2n) is 11.8. The van der Waals surface area contributed by atoms with Crippen molar-refractivity contribution in [3.05, 3.63) is 52.6 Å². The van der Waals surface area contributed by atoms with Crippen LogP contribution < -0.4 is 4.74 Å². The highest BCUT2D eigenvalue weighted by Gasteiger charge is 2.54. The molecule has 8 nitrogen and oxygen atoms in total. The summed E-state index contributed by atoms with van der Waals surface area (Å²) < 4.78 is 11.5. The van der Waals surface area contributed by atoms with Crippen molar-refractivity contribution in [1.82, 2.24) is 4.90 Å². The monoisotopic (exact) mass is 519 g/mol. The highest BCUT2D eigenvalue weighted by molar-refractivity contribution is 6.02. The first kappa shape index (κ1) is 25.9. The van der Waals surface area contributed by atoms with E-state index in [1.807, 2.05) is 25.1 Å². The number of nitrogens with zero attached hydrogens (tertiary/aromatic N) is 1. The summed E-state index contributed by atoms with van der Waals surface area (Å²) in [5.74, 6) is -0.880. The number of Topliss-reactive ketones (excluding diaryl/α,β-unsaturated/α-hetero) is 2. The molecule has 1 saturated heterocycles. The van der Waals surface area contributed by atoms with Crippen molar-refractivity contribution < 1.29 is 33.8 Å². The Bertz CT molecular complexity index is 1360. The van der Waals surface area contributed by atoms with Crippen LogP contribution in [-0.4, -0.2) is 51.3 Å². The zero-order valence-electron chi connectivity index (χ0n) is 22.3. The van der Waals surface area contributed by atoms with E-state index in [1.165, 1.54) is 4.90 Å². The molecule has 38 heavy (non-hydrogen) atoms. The number of rotatable bonds is 4. The molecule has 0 saturated carbocycles. The third-order valence-corrected chi connectivity index (χ3v) is 7.62. The Morgan fingerprint density at radius 3 is 2.55 bits per heavy atom. The van der Waals surface area contributed by atoms with Gasteiger partial charge >= 0.3 is 12.1 Å². The van der Waals surface area contributed by atoms with E-state index in [-0.39, 0.29) is 43.5 Å². The van der Waals surface area contributed by atoms with Gasteiger partial charge in [-0.05, 0) is 80.8 Å². The molecular formula is C30H33NO7. The largest absolute Gasteiger partial charge is 0.488 e. The summed E-state index contributed by atoms with van der Waals surface area (Å²) >= 11 is 0. The van der Waals surface area contributed by atoms with Crippen LogP contribution in [0.3, 0.4) is 0 Å². The lowest BCUT2D eigenvalue weighted by atomic mass is 9.84. The molecule has 200 valence electrons. The van der Waals surface area contributed by atoms with Crippen LogP contribution in [0, 0.1) is 5.92 Å². The predicted octanol–water partition coefficient (Wildman–Crippen LogP) is 5.44. The number of hydrogen-bond acceptors (Lipinski definition) is 6. The third kappa shape index (κ3) is 4.57. The quantitative estimate of drug-likeness (QED) is 0.536. The fourth-order valence-electron chi connectivity index (χ4n) is 5.92. The number of carboxylic acids is 1. The molecule has 0 bridgehead atoms. The molecule has 1 amide bonds. The predicted molar refractivity (Wildman–Crippen MR) is 140 cm³/mol. The second kappa shape index (κ2) is 9.26. The standard InChI is InChI=1S/C30H33NO7/c1-17-13-30(27(34)35,31(15-17)28(36)38-29(2,3)4)14-25(33)19-8-9-21-20(10-19)16-37-26-12-22-18(11-23(21)26)6-5-7-24(22)32/h8-12,17H,5-7,13-16H2,1-4H3,(H,34,35)/t17-,30-/m0/s1. The van der Waals surface area contributed by atoms with Gasteiger partial charge in [-0.1, -0.05) is 19.1 Å². The third-order valence-electron chi connectivity index (χ3n) is 7.62. The van der Waals surface area contributed by atoms with Crippen molar-refractivity contribution in [2.24, 2.45) is 5.92 Å². The maximum absolute atomic E-state index is 13.5. The Morgan fingerprint density at radius 2 is 1.84 bits per heavy atom. The molecule has 2 aromatic rings. The summed E-state index contributed by atoms with van der Waals surface area (Å²) in [5, 5.41) is 10.3. The molecule has 1 fully saturated rings. The molecule has 2 aliphatic heterocycles. The fourth-order valence-corrected chi connectivity index (χ4v) is 5.92. The summed E-state index contributed by atoms with van der Waals surface area (Å²) in [6.07, 6.45) is 1.31. The van der Waals surface area contributed by atoms with Gasteiger partial charge in [-0.15, -0.1) is 0 Å². The minimum absolute atomic E-state index is 0.0994. The van der Waals surface area contributed by atoms with Gasteiger partial charge < -0.3 is 14.6 Å². The van der Waals surface area contributed by atoms with Gasteiger partial charge in [0.2, 0.25) is 0 Å². The molecule has 1 N–H and O–H groups in total. The Morgan fingerprint density at radius 1 is 1.08 bits per heavy atom. The molecule has 0 radical (unpaired) electrons. The molecule has 2 heterocycles. The minimum Gasteiger partial charge on any atom is -0.488 e. The maximum atomic E-state index is 13.5. The van der Waals surface area contributed by atoms with Gasteiger partial charge in [-0.2, -0.15) is 0 Å². The number of ether oxygens (including phenoxy) is 2. The zero-order valence-corrected chi connectivity index (χ0v) is 22.3. The Labute approximate surface area is 221 Å². The van der Waals surface area contributed by atoms with Gasteiger partial charge in [0.05, 0.1) is 0 Å². The average molecular weight is 520 g/mol. The molecule has 0 unspecified atom stereocenters. The molecule has 5 rings (SSSR count). The first-order valence-corrected chi connectivity index (χ1v) is 13.1. The minimum atomic E-state index is -1.68. The highest BCUT2D eigenvalue weighted by atomic mass is 16.6. The number of carboxylic acid groups (broad SMARTS) is 1. The van der Waals surface area contributed by atoms with Crippen LogP contribution in [0.25, 0.3) is 11.1 Å². The number of fused-ring (bicyclic) bond motifs is 4. The number of likely N-dealkylation sites (tertiary alicyclic amines) is 1. The summed E-state index contributed by atoms with van der Waals surface area (Å²) in [5.41, 5.74) is 2.28. The van der Waals surface area contributed by atoms with Crippen LogP contribution in [0.15, 0.2) is 30.3 Å². The Kier molecular flexibility index (Phi) is 6.32. The van der Waals surface area contributed by atoms with Gasteiger partial charge in [-0.25, -0.2) is 9.59 Å². The van der Waals surface area contributed by atoms with E-state index in [0.29, 0.717) is 17.7 Å². The van der Waals surface area contributed by atoms with E-state index in [0.717, 1.165) is 40.7 Å². The lowest BCUT2D eigenvalue weighted by molar-refractivity contribution is -0.149. The SMILES string of the molecule is C[C@@H]1CN(C(=O)OC(C)(C)C)[C@@](CC(=O)c2ccc3c(c2)COc2cc4c(cc2-3)CCCC4=O)(C(=O)O)C1. The average Bonchev–Trinajstić information content (AvgIpc) is 3.19. The lowest BCUT2D eigenvalue weighted by Crippen LogP contribution is -2.55. The molecule has 1 aliphatic carbocycles. The highest BCUT2D eigenvalue weighted by Crippen LogP contribution is 2.42. The molecule has 2 aromatic carbocycles. The molecule has 0 spiro atoms. The normalized spacial score (nSPS) is 22.2. The van der Waals surface area contributed by atoms with Crippen molar-refractivity contribution in [1.29, 1.82) is 0 Å². The van der Waals surface area contributed by atoms with E-state index in [2.05, 4.69) is 0 Å². The Hall–Kier alpha value is -3.68. The van der Waals surface area contributed by atoms with Crippen LogP contribution in [-0.2, 0) is 22.6 Å². The van der Waals surface area contributed by atoms with E-state index < -0.39 is 23.2 Å². The van der Waals surface area contributed by atoms with E-state index >= 15 is 0 Å². The van der Waals surface area contributed by atoms with Gasteiger partial charge in [-0.3, -0.25) is 14.5 Å². The van der Waals surface area contributed by atoms with Crippen molar-refractivity contribution in [3.8, 4) is 16.9 Å². The summed E-state index contributed by atoms with van der Waals surface area (Å²) in [6.45, 7) is 7.47. The van der Waals surface area contributed by atoms with E-state index in [1.54, 1.807) is 32.9 Å². The van der Waals surface area contributed by atoms with E-state index in [4.69, 9.17) is 9.47 Å². The first-order valence-electron chi connectivity index (χ1n) is 13.1. The summed E-state index contributed by atoms with van der Waals surface area (Å²) in [7, 11) is 0. The molecule has 3 aliphatic rings. The van der Waals surface area contributed by atoms with Gasteiger partial charge in [0, 0.05) is 36.1 Å². The number of carbonyl (C=O) groups excluding carboxylic acids is 3. The van der Waals surface area contributed by atoms with Gasteiger partial charge in [0.1, 0.15) is 18.0 Å². The Balaban J connectivity index is 1.44. The molecule has 2 atom stereocenters. The smallest absolute Gasteiger partial charge is 0.411 e. The van der Waals surface area contributed by atoms with Crippen LogP contribution in [0.5, 0.6) is 5.75 Å². The van der Waals surface area contributed by atoms with Crippen molar-refractivity contribution in [3.63, 3.8) is 0 Å². The van der Waals surface area contributed by atoms with Crippen molar-refractivity contribution in [2.45, 2.75) is 77.5 Å². The van der Waals surface area contributed by atoms with Gasteiger partial charge in [0.15, 0.2) is 17.1 Å². The summed E-state index contributed by atoms with van der Waals surface area (Å²) in [4.78, 5) is 52.6. The number of amides is 1. The maximum Gasteiger partial charge on any atom is 0.411 e. The van der Waals surface area contributed by atoms with Crippen LogP contribution in [0.1, 0.15) is 85.2 Å². The number of benzene rings is 2.